The lowest BCUT2D eigenvalue weighted by Gasteiger charge is -2.48. The lowest BCUT2D eigenvalue weighted by molar-refractivity contribution is -0.133. The van der Waals surface area contributed by atoms with Gasteiger partial charge in [-0.05, 0) is 68.5 Å². The molecule has 4 rings (SSSR count). The number of carbonyl (C=O) groups excluding carboxylic acids is 2. The van der Waals surface area contributed by atoms with Crippen molar-refractivity contribution in [2.45, 2.75) is 44.2 Å². The first-order chi connectivity index (χ1) is 14.9. The smallest absolute Gasteiger partial charge is 0.239 e. The molecular formula is C25H32N4O2. The van der Waals surface area contributed by atoms with Crippen LogP contribution in [0.15, 0.2) is 54.9 Å². The first kappa shape index (κ1) is 21.5. The fourth-order valence-electron chi connectivity index (χ4n) is 5.33. The molecule has 2 amide bonds. The molecule has 0 radical (unpaired) electrons. The molecular weight excluding hydrogens is 388 g/mol. The Hall–Kier alpha value is -2.73. The number of likely N-dealkylation sites (tertiary alicyclic amines) is 1. The SMILES string of the molecule is CN(C)[C@]1(c2ccccc2)CC[C@@]2(CC1)CC(=O)N(CC(=O)NCc1ccncc1)C2. The van der Waals surface area contributed by atoms with Gasteiger partial charge in [0.15, 0.2) is 0 Å². The van der Waals surface area contributed by atoms with E-state index in [-0.39, 0.29) is 29.3 Å². The Balaban J connectivity index is 1.36. The van der Waals surface area contributed by atoms with Crippen molar-refractivity contribution in [3.8, 4) is 0 Å². The van der Waals surface area contributed by atoms with Crippen LogP contribution in [0.1, 0.15) is 43.2 Å². The summed E-state index contributed by atoms with van der Waals surface area (Å²) in [7, 11) is 4.31. The predicted octanol–water partition coefficient (Wildman–Crippen LogP) is 2.95. The molecule has 1 saturated carbocycles. The minimum Gasteiger partial charge on any atom is -0.350 e. The average molecular weight is 421 g/mol. The van der Waals surface area contributed by atoms with Gasteiger partial charge >= 0.3 is 0 Å². The third kappa shape index (κ3) is 4.49. The number of benzene rings is 1. The molecule has 1 aliphatic carbocycles. The number of hydrogen-bond acceptors (Lipinski definition) is 4. The summed E-state index contributed by atoms with van der Waals surface area (Å²) in [6.45, 7) is 1.28. The summed E-state index contributed by atoms with van der Waals surface area (Å²) in [5.74, 6) is 0.000992. The third-order valence-electron chi connectivity index (χ3n) is 7.28. The zero-order chi connectivity index (χ0) is 21.9. The number of aromatic nitrogens is 1. The second-order valence-corrected chi connectivity index (χ2v) is 9.35. The predicted molar refractivity (Wildman–Crippen MR) is 120 cm³/mol. The average Bonchev–Trinajstić information content (AvgIpc) is 3.08. The van der Waals surface area contributed by atoms with Gasteiger partial charge in [-0.2, -0.15) is 0 Å². The van der Waals surface area contributed by atoms with Crippen LogP contribution >= 0.6 is 0 Å². The summed E-state index contributed by atoms with van der Waals surface area (Å²) in [4.78, 5) is 33.3. The quantitative estimate of drug-likeness (QED) is 0.780. The van der Waals surface area contributed by atoms with Crippen molar-refractivity contribution in [2.75, 3.05) is 27.2 Å². The maximum atomic E-state index is 12.7. The Morgan fingerprint density at radius 1 is 1.06 bits per heavy atom. The van der Waals surface area contributed by atoms with Crippen LogP contribution in [0.4, 0.5) is 0 Å². The fourth-order valence-corrected chi connectivity index (χ4v) is 5.33. The molecule has 0 bridgehead atoms. The standard InChI is InChI=1S/C25H32N4O2/c1-28(2)25(21-6-4-3-5-7-21)12-10-24(11-13-25)16-23(31)29(19-24)18-22(30)27-17-20-8-14-26-15-9-20/h3-9,14-15H,10-13,16-19H2,1-2H3,(H,27,30)/t24-,25-. The fraction of sp³-hybridized carbons (Fsp3) is 0.480. The molecule has 2 heterocycles. The van der Waals surface area contributed by atoms with Crippen molar-refractivity contribution in [3.05, 3.63) is 66.0 Å². The highest BCUT2D eigenvalue weighted by molar-refractivity contribution is 5.86. The first-order valence-corrected chi connectivity index (χ1v) is 11.1. The van der Waals surface area contributed by atoms with E-state index in [0.717, 1.165) is 31.2 Å². The zero-order valence-electron chi connectivity index (χ0n) is 18.5. The number of carbonyl (C=O) groups is 2. The number of pyridine rings is 1. The van der Waals surface area contributed by atoms with Gasteiger partial charge < -0.3 is 10.2 Å². The number of rotatable bonds is 6. The van der Waals surface area contributed by atoms with E-state index in [9.17, 15) is 9.59 Å². The molecule has 0 atom stereocenters. The minimum atomic E-state index is -0.107. The Labute approximate surface area is 184 Å². The van der Waals surface area contributed by atoms with E-state index in [0.29, 0.717) is 19.5 Å². The van der Waals surface area contributed by atoms with Crippen LogP contribution in [0.5, 0.6) is 0 Å². The molecule has 0 unspecified atom stereocenters. The largest absolute Gasteiger partial charge is 0.350 e. The van der Waals surface area contributed by atoms with Crippen molar-refractivity contribution in [3.63, 3.8) is 0 Å². The Morgan fingerprint density at radius 3 is 2.39 bits per heavy atom. The van der Waals surface area contributed by atoms with Crippen molar-refractivity contribution in [2.24, 2.45) is 5.41 Å². The van der Waals surface area contributed by atoms with Crippen LogP contribution < -0.4 is 5.32 Å². The molecule has 2 fully saturated rings. The maximum Gasteiger partial charge on any atom is 0.239 e. The second-order valence-electron chi connectivity index (χ2n) is 9.35. The van der Waals surface area contributed by atoms with Crippen LogP contribution in [0.25, 0.3) is 0 Å². The zero-order valence-corrected chi connectivity index (χ0v) is 18.5. The molecule has 31 heavy (non-hydrogen) atoms. The third-order valence-corrected chi connectivity index (χ3v) is 7.28. The van der Waals surface area contributed by atoms with Crippen LogP contribution in [0, 0.1) is 5.41 Å². The van der Waals surface area contributed by atoms with E-state index in [1.54, 1.807) is 17.3 Å². The lowest BCUT2D eigenvalue weighted by Crippen LogP contribution is -2.47. The highest BCUT2D eigenvalue weighted by Crippen LogP contribution is 2.52. The monoisotopic (exact) mass is 420 g/mol. The van der Waals surface area contributed by atoms with Crippen LogP contribution in [0.2, 0.25) is 0 Å². The highest BCUT2D eigenvalue weighted by Gasteiger charge is 2.50. The molecule has 6 nitrogen and oxygen atoms in total. The molecule has 1 aliphatic heterocycles. The number of nitrogens with zero attached hydrogens (tertiary/aromatic N) is 3. The molecule has 164 valence electrons. The molecule has 6 heteroatoms. The van der Waals surface area contributed by atoms with Gasteiger partial charge in [-0.15, -0.1) is 0 Å². The van der Waals surface area contributed by atoms with E-state index in [2.05, 4.69) is 59.6 Å². The van der Waals surface area contributed by atoms with Gasteiger partial charge in [-0.25, -0.2) is 0 Å². The molecule has 1 spiro atoms. The Bertz CT molecular complexity index is 906. The second kappa shape index (κ2) is 8.79. The minimum absolute atomic E-state index is 0.00322. The van der Waals surface area contributed by atoms with Crippen molar-refractivity contribution in [1.29, 1.82) is 0 Å². The summed E-state index contributed by atoms with van der Waals surface area (Å²) in [5, 5.41) is 2.92. The van der Waals surface area contributed by atoms with E-state index < -0.39 is 0 Å². The van der Waals surface area contributed by atoms with E-state index >= 15 is 0 Å². The molecule has 1 aromatic heterocycles. The van der Waals surface area contributed by atoms with Gasteiger partial charge in [0.05, 0.1) is 6.54 Å². The van der Waals surface area contributed by atoms with Crippen molar-refractivity contribution in [1.82, 2.24) is 20.1 Å². The molecule has 2 aliphatic rings. The van der Waals surface area contributed by atoms with Gasteiger partial charge in [0, 0.05) is 37.4 Å². The first-order valence-electron chi connectivity index (χ1n) is 11.1. The van der Waals surface area contributed by atoms with Gasteiger partial charge in [0.1, 0.15) is 0 Å². The van der Waals surface area contributed by atoms with Gasteiger partial charge in [-0.3, -0.25) is 19.5 Å². The van der Waals surface area contributed by atoms with Gasteiger partial charge in [-0.1, -0.05) is 30.3 Å². The molecule has 1 N–H and O–H groups in total. The number of hydrogen-bond donors (Lipinski definition) is 1. The van der Waals surface area contributed by atoms with E-state index in [4.69, 9.17) is 0 Å². The van der Waals surface area contributed by atoms with E-state index in [1.165, 1.54) is 5.56 Å². The normalized spacial score (nSPS) is 25.9. The van der Waals surface area contributed by atoms with Crippen LogP contribution in [-0.4, -0.2) is 53.8 Å². The van der Waals surface area contributed by atoms with Crippen molar-refractivity contribution < 1.29 is 9.59 Å². The number of nitrogens with one attached hydrogen (secondary N) is 1. The van der Waals surface area contributed by atoms with E-state index in [1.807, 2.05) is 12.1 Å². The van der Waals surface area contributed by atoms with Crippen LogP contribution in [0.3, 0.4) is 0 Å². The maximum absolute atomic E-state index is 12.7. The summed E-state index contributed by atoms with van der Waals surface area (Å²) < 4.78 is 0. The molecule has 1 saturated heterocycles. The summed E-state index contributed by atoms with van der Waals surface area (Å²) >= 11 is 0. The molecule has 1 aromatic carbocycles. The Kier molecular flexibility index (Phi) is 6.10. The lowest BCUT2D eigenvalue weighted by atomic mass is 9.64. The number of amides is 2. The summed E-state index contributed by atoms with van der Waals surface area (Å²) in [6, 6.07) is 14.5. The molecule has 2 aromatic rings. The topological polar surface area (TPSA) is 65.5 Å². The van der Waals surface area contributed by atoms with Crippen molar-refractivity contribution >= 4 is 11.8 Å². The van der Waals surface area contributed by atoms with Gasteiger partial charge in [0.2, 0.25) is 11.8 Å². The Morgan fingerprint density at radius 2 is 1.74 bits per heavy atom. The summed E-state index contributed by atoms with van der Waals surface area (Å²) in [6.07, 6.45) is 8.03. The summed E-state index contributed by atoms with van der Waals surface area (Å²) in [5.41, 5.74) is 2.37. The highest BCUT2D eigenvalue weighted by atomic mass is 16.2. The van der Waals surface area contributed by atoms with Crippen LogP contribution in [-0.2, 0) is 21.7 Å². The van der Waals surface area contributed by atoms with Gasteiger partial charge in [0.25, 0.3) is 0 Å².